The summed E-state index contributed by atoms with van der Waals surface area (Å²) in [7, 11) is 0. The summed E-state index contributed by atoms with van der Waals surface area (Å²) in [5.74, 6) is 0. The summed E-state index contributed by atoms with van der Waals surface area (Å²) in [4.78, 5) is 0. The van der Waals surface area contributed by atoms with Crippen LogP contribution in [0, 0.1) is 17.8 Å². The summed E-state index contributed by atoms with van der Waals surface area (Å²) < 4.78 is 0. The molecule has 1 aliphatic rings. The Balaban J connectivity index is 2.22. The molecule has 1 aliphatic carbocycles. The molecule has 0 aromatic heterocycles. The van der Waals surface area contributed by atoms with Gasteiger partial charge in [0.25, 0.3) is 0 Å². The molecule has 1 N–H and O–H groups in total. The SMILES string of the molecule is CCc1cccc(C)c1NC1CC(C)(C)CC(C)(C)C1. The van der Waals surface area contributed by atoms with Gasteiger partial charge in [0.2, 0.25) is 0 Å². The van der Waals surface area contributed by atoms with Crippen LogP contribution in [0.25, 0.3) is 0 Å². The zero-order valence-electron chi connectivity index (χ0n) is 14.1. The second-order valence-corrected chi connectivity index (χ2v) is 8.22. The second-order valence-electron chi connectivity index (χ2n) is 8.22. The maximum absolute atomic E-state index is 3.88. The predicted molar refractivity (Wildman–Crippen MR) is 89.4 cm³/mol. The lowest BCUT2D eigenvalue weighted by atomic mass is 9.63. The Labute approximate surface area is 125 Å². The standard InChI is InChI=1S/C19H31N/c1-7-15-10-8-9-14(2)17(15)20-16-11-18(3,4)13-19(5,6)12-16/h8-10,16,20H,7,11-13H2,1-6H3. The van der Waals surface area contributed by atoms with Crippen molar-refractivity contribution in [3.8, 4) is 0 Å². The minimum absolute atomic E-state index is 0.439. The number of rotatable bonds is 3. The molecule has 1 fully saturated rings. The van der Waals surface area contributed by atoms with Crippen LogP contribution in [0.5, 0.6) is 0 Å². The summed E-state index contributed by atoms with van der Waals surface area (Å²) in [5, 5.41) is 3.88. The molecule has 0 saturated heterocycles. The molecule has 0 spiro atoms. The average molecular weight is 273 g/mol. The molecule has 0 bridgehead atoms. The lowest BCUT2D eigenvalue weighted by Crippen LogP contribution is -2.40. The van der Waals surface area contributed by atoms with Crippen LogP contribution in [0.4, 0.5) is 5.69 Å². The fourth-order valence-electron chi connectivity index (χ4n) is 4.38. The highest BCUT2D eigenvalue weighted by atomic mass is 14.9. The topological polar surface area (TPSA) is 12.0 Å². The van der Waals surface area contributed by atoms with Crippen LogP contribution in [0.15, 0.2) is 18.2 Å². The van der Waals surface area contributed by atoms with E-state index in [-0.39, 0.29) is 0 Å². The van der Waals surface area contributed by atoms with Crippen molar-refractivity contribution in [1.82, 2.24) is 0 Å². The largest absolute Gasteiger partial charge is 0.382 e. The highest BCUT2D eigenvalue weighted by Crippen LogP contribution is 2.46. The van der Waals surface area contributed by atoms with Crippen molar-refractivity contribution in [2.24, 2.45) is 10.8 Å². The van der Waals surface area contributed by atoms with Crippen molar-refractivity contribution in [2.45, 2.75) is 73.3 Å². The molecule has 2 rings (SSSR count). The van der Waals surface area contributed by atoms with E-state index in [0.29, 0.717) is 16.9 Å². The molecule has 0 heterocycles. The lowest BCUT2D eigenvalue weighted by molar-refractivity contribution is 0.105. The van der Waals surface area contributed by atoms with Crippen molar-refractivity contribution in [2.75, 3.05) is 5.32 Å². The molecule has 112 valence electrons. The Kier molecular flexibility index (Phi) is 4.18. The van der Waals surface area contributed by atoms with Crippen LogP contribution in [0.3, 0.4) is 0 Å². The first kappa shape index (κ1) is 15.4. The molecule has 0 unspecified atom stereocenters. The van der Waals surface area contributed by atoms with E-state index in [1.54, 1.807) is 0 Å². The van der Waals surface area contributed by atoms with Crippen LogP contribution < -0.4 is 5.32 Å². The van der Waals surface area contributed by atoms with Gasteiger partial charge < -0.3 is 5.32 Å². The Morgan fingerprint density at radius 3 is 2.25 bits per heavy atom. The zero-order chi connectivity index (χ0) is 15.0. The molecule has 1 saturated carbocycles. The van der Waals surface area contributed by atoms with E-state index in [1.807, 2.05) is 0 Å². The summed E-state index contributed by atoms with van der Waals surface area (Å²) >= 11 is 0. The van der Waals surface area contributed by atoms with Crippen molar-refractivity contribution in [3.05, 3.63) is 29.3 Å². The maximum Gasteiger partial charge on any atom is 0.0404 e. The number of aryl methyl sites for hydroxylation is 2. The zero-order valence-corrected chi connectivity index (χ0v) is 14.1. The van der Waals surface area contributed by atoms with Gasteiger partial charge in [-0.1, -0.05) is 52.8 Å². The Morgan fingerprint density at radius 1 is 1.10 bits per heavy atom. The van der Waals surface area contributed by atoms with Gasteiger partial charge in [0.1, 0.15) is 0 Å². The van der Waals surface area contributed by atoms with Crippen molar-refractivity contribution < 1.29 is 0 Å². The lowest BCUT2D eigenvalue weighted by Gasteiger charge is -2.45. The Morgan fingerprint density at radius 2 is 1.70 bits per heavy atom. The molecule has 20 heavy (non-hydrogen) atoms. The van der Waals surface area contributed by atoms with E-state index in [4.69, 9.17) is 0 Å². The molecule has 1 nitrogen and oxygen atoms in total. The van der Waals surface area contributed by atoms with Gasteiger partial charge >= 0.3 is 0 Å². The normalized spacial score (nSPS) is 21.7. The minimum atomic E-state index is 0.439. The molecule has 1 aromatic carbocycles. The molecule has 0 aliphatic heterocycles. The first-order valence-electron chi connectivity index (χ1n) is 8.07. The van der Waals surface area contributed by atoms with Gasteiger partial charge in [-0.05, 0) is 54.6 Å². The second kappa shape index (κ2) is 5.42. The first-order chi connectivity index (χ1) is 9.22. The number of hydrogen-bond donors (Lipinski definition) is 1. The molecule has 0 amide bonds. The third kappa shape index (κ3) is 3.56. The quantitative estimate of drug-likeness (QED) is 0.758. The maximum atomic E-state index is 3.88. The summed E-state index contributed by atoms with van der Waals surface area (Å²) in [5.41, 5.74) is 5.09. The third-order valence-corrected chi connectivity index (χ3v) is 4.64. The van der Waals surface area contributed by atoms with Gasteiger partial charge in [0.15, 0.2) is 0 Å². The smallest absolute Gasteiger partial charge is 0.0404 e. The number of nitrogens with one attached hydrogen (secondary N) is 1. The van der Waals surface area contributed by atoms with Crippen LogP contribution in [-0.2, 0) is 6.42 Å². The highest BCUT2D eigenvalue weighted by Gasteiger charge is 2.38. The van der Waals surface area contributed by atoms with Crippen molar-refractivity contribution >= 4 is 5.69 Å². The van der Waals surface area contributed by atoms with Gasteiger partial charge in [0, 0.05) is 11.7 Å². The number of hydrogen-bond acceptors (Lipinski definition) is 1. The molecular weight excluding hydrogens is 242 g/mol. The first-order valence-corrected chi connectivity index (χ1v) is 8.07. The van der Waals surface area contributed by atoms with Gasteiger partial charge in [0.05, 0.1) is 0 Å². The average Bonchev–Trinajstić information content (AvgIpc) is 2.27. The van der Waals surface area contributed by atoms with Crippen LogP contribution in [-0.4, -0.2) is 6.04 Å². The molecular formula is C19H31N. The van der Waals surface area contributed by atoms with E-state index < -0.39 is 0 Å². The van der Waals surface area contributed by atoms with Crippen molar-refractivity contribution in [3.63, 3.8) is 0 Å². The number of para-hydroxylation sites is 1. The van der Waals surface area contributed by atoms with Crippen molar-refractivity contribution in [1.29, 1.82) is 0 Å². The van der Waals surface area contributed by atoms with Crippen LogP contribution >= 0.6 is 0 Å². The molecule has 1 aromatic rings. The van der Waals surface area contributed by atoms with Gasteiger partial charge in [-0.25, -0.2) is 0 Å². The minimum Gasteiger partial charge on any atom is -0.382 e. The molecule has 0 atom stereocenters. The van der Waals surface area contributed by atoms with E-state index in [1.165, 1.54) is 36.1 Å². The number of anilines is 1. The van der Waals surface area contributed by atoms with Crippen LogP contribution in [0.1, 0.15) is 65.0 Å². The highest BCUT2D eigenvalue weighted by molar-refractivity contribution is 5.58. The van der Waals surface area contributed by atoms with E-state index in [0.717, 1.165) is 6.42 Å². The number of benzene rings is 1. The summed E-state index contributed by atoms with van der Waals surface area (Å²) in [6.45, 7) is 14.1. The fraction of sp³-hybridized carbons (Fsp3) is 0.684. The van der Waals surface area contributed by atoms with E-state index in [9.17, 15) is 0 Å². The summed E-state index contributed by atoms with van der Waals surface area (Å²) in [6.07, 6.45) is 4.97. The predicted octanol–water partition coefficient (Wildman–Crippen LogP) is 5.57. The monoisotopic (exact) mass is 273 g/mol. The Hall–Kier alpha value is -0.980. The van der Waals surface area contributed by atoms with E-state index >= 15 is 0 Å². The van der Waals surface area contributed by atoms with Gasteiger partial charge in [-0.15, -0.1) is 0 Å². The summed E-state index contributed by atoms with van der Waals surface area (Å²) in [6, 6.07) is 7.25. The third-order valence-electron chi connectivity index (χ3n) is 4.64. The Bertz CT molecular complexity index is 455. The van der Waals surface area contributed by atoms with E-state index in [2.05, 4.69) is 65.1 Å². The molecule has 1 heteroatoms. The van der Waals surface area contributed by atoms with Gasteiger partial charge in [-0.3, -0.25) is 0 Å². The fourth-order valence-corrected chi connectivity index (χ4v) is 4.38. The van der Waals surface area contributed by atoms with Gasteiger partial charge in [-0.2, -0.15) is 0 Å². The molecule has 0 radical (unpaired) electrons. The van der Waals surface area contributed by atoms with Crippen LogP contribution in [0.2, 0.25) is 0 Å².